The fourth-order valence-corrected chi connectivity index (χ4v) is 2.62. The van der Waals surface area contributed by atoms with Gasteiger partial charge in [-0.05, 0) is 54.1 Å². The Hall–Kier alpha value is -3.23. The molecule has 1 N–H and O–H groups in total. The Labute approximate surface area is 147 Å². The lowest BCUT2D eigenvalue weighted by atomic mass is 10.1. The summed E-state index contributed by atoms with van der Waals surface area (Å²) in [6.45, 7) is 0. The zero-order chi connectivity index (χ0) is 17.2. The Morgan fingerprint density at radius 1 is 1.00 bits per heavy atom. The summed E-state index contributed by atoms with van der Waals surface area (Å²) in [6.07, 6.45) is 3.26. The smallest absolute Gasteiger partial charge is 0.222 e. The number of nitrogens with one attached hydrogen (secondary N) is 1. The topological polar surface area (TPSA) is 54.5 Å². The van der Waals surface area contributed by atoms with Gasteiger partial charge in [0.25, 0.3) is 0 Å². The highest BCUT2D eigenvalue weighted by Crippen LogP contribution is 2.21. The SMILES string of the molecule is Fc1cc(C#Cc2ccc3[nH]ncc3c2)cc(-c2ccnc(Cl)n2)c1. The van der Waals surface area contributed by atoms with Crippen molar-refractivity contribution in [2.45, 2.75) is 0 Å². The summed E-state index contributed by atoms with van der Waals surface area (Å²) in [5, 5.41) is 7.95. The Morgan fingerprint density at radius 3 is 2.76 bits per heavy atom. The molecule has 6 heteroatoms. The minimum atomic E-state index is -0.387. The summed E-state index contributed by atoms with van der Waals surface area (Å²) in [6, 6.07) is 11.9. The standard InChI is InChI=1S/C19H10ClFN4/c20-19-22-6-5-17(24-19)14-8-13(9-16(21)10-14)2-1-12-3-4-18-15(7-12)11-23-25-18/h3-11H,(H,23,25). The predicted molar refractivity (Wildman–Crippen MR) is 94.5 cm³/mol. The van der Waals surface area contributed by atoms with Gasteiger partial charge in [0.1, 0.15) is 5.82 Å². The summed E-state index contributed by atoms with van der Waals surface area (Å²) in [7, 11) is 0. The van der Waals surface area contributed by atoms with E-state index >= 15 is 0 Å². The van der Waals surface area contributed by atoms with Crippen LogP contribution in [-0.4, -0.2) is 20.2 Å². The molecule has 0 amide bonds. The molecule has 2 aromatic carbocycles. The molecule has 0 saturated heterocycles. The van der Waals surface area contributed by atoms with E-state index in [4.69, 9.17) is 11.6 Å². The van der Waals surface area contributed by atoms with Crippen molar-refractivity contribution in [2.75, 3.05) is 0 Å². The quantitative estimate of drug-likeness (QED) is 0.414. The van der Waals surface area contributed by atoms with E-state index in [1.54, 1.807) is 18.3 Å². The van der Waals surface area contributed by atoms with Crippen LogP contribution in [0, 0.1) is 17.7 Å². The molecule has 0 bridgehead atoms. The third-order valence-electron chi connectivity index (χ3n) is 3.61. The van der Waals surface area contributed by atoms with Crippen molar-refractivity contribution >= 4 is 22.5 Å². The zero-order valence-electron chi connectivity index (χ0n) is 12.8. The first-order chi connectivity index (χ1) is 12.2. The van der Waals surface area contributed by atoms with Gasteiger partial charge in [-0.15, -0.1) is 0 Å². The number of hydrogen-bond acceptors (Lipinski definition) is 3. The molecule has 0 aliphatic heterocycles. The van der Waals surface area contributed by atoms with Crippen molar-refractivity contribution in [3.8, 4) is 23.1 Å². The second-order valence-electron chi connectivity index (χ2n) is 5.36. The number of rotatable bonds is 1. The number of aromatic nitrogens is 4. The van der Waals surface area contributed by atoms with E-state index in [2.05, 4.69) is 32.0 Å². The number of H-pyrrole nitrogens is 1. The van der Waals surface area contributed by atoms with Crippen molar-refractivity contribution in [2.24, 2.45) is 0 Å². The summed E-state index contributed by atoms with van der Waals surface area (Å²) in [5.41, 5.74) is 3.46. The Balaban J connectivity index is 1.71. The lowest BCUT2D eigenvalue weighted by molar-refractivity contribution is 0.628. The molecule has 0 radical (unpaired) electrons. The monoisotopic (exact) mass is 348 g/mol. The van der Waals surface area contributed by atoms with Gasteiger partial charge in [0.2, 0.25) is 5.28 Å². The highest BCUT2D eigenvalue weighted by atomic mass is 35.5. The van der Waals surface area contributed by atoms with Crippen molar-refractivity contribution in [3.05, 3.63) is 77.1 Å². The molecular weight excluding hydrogens is 339 g/mol. The number of nitrogens with zero attached hydrogens (tertiary/aromatic N) is 3. The third-order valence-corrected chi connectivity index (χ3v) is 3.79. The Kier molecular flexibility index (Phi) is 3.88. The fraction of sp³-hybridized carbons (Fsp3) is 0. The lowest BCUT2D eigenvalue weighted by Gasteiger charge is -2.02. The van der Waals surface area contributed by atoms with E-state index < -0.39 is 0 Å². The maximum Gasteiger partial charge on any atom is 0.222 e. The van der Waals surface area contributed by atoms with Crippen LogP contribution in [-0.2, 0) is 0 Å². The van der Waals surface area contributed by atoms with Crippen LogP contribution in [0.25, 0.3) is 22.2 Å². The van der Waals surface area contributed by atoms with Crippen LogP contribution in [0.1, 0.15) is 11.1 Å². The molecule has 0 saturated carbocycles. The normalized spacial score (nSPS) is 10.5. The highest BCUT2D eigenvalue weighted by Gasteiger charge is 2.05. The van der Waals surface area contributed by atoms with E-state index in [0.717, 1.165) is 16.5 Å². The van der Waals surface area contributed by atoms with Crippen LogP contribution in [0.4, 0.5) is 4.39 Å². The van der Waals surface area contributed by atoms with Crippen LogP contribution >= 0.6 is 11.6 Å². The van der Waals surface area contributed by atoms with E-state index in [-0.39, 0.29) is 11.1 Å². The minimum absolute atomic E-state index is 0.114. The molecule has 2 aromatic heterocycles. The summed E-state index contributed by atoms with van der Waals surface area (Å²) in [5.74, 6) is 5.64. The predicted octanol–water partition coefficient (Wildman–Crippen LogP) is 4.21. The summed E-state index contributed by atoms with van der Waals surface area (Å²) < 4.78 is 13.9. The van der Waals surface area contributed by atoms with Crippen molar-refractivity contribution < 1.29 is 4.39 Å². The van der Waals surface area contributed by atoms with Gasteiger partial charge in [-0.1, -0.05) is 11.8 Å². The molecule has 0 atom stereocenters. The third kappa shape index (κ3) is 3.35. The first-order valence-corrected chi connectivity index (χ1v) is 7.80. The molecule has 2 heterocycles. The summed E-state index contributed by atoms with van der Waals surface area (Å²) >= 11 is 5.80. The van der Waals surface area contributed by atoms with E-state index in [1.165, 1.54) is 18.3 Å². The highest BCUT2D eigenvalue weighted by molar-refractivity contribution is 6.28. The molecule has 0 aliphatic rings. The molecule has 4 rings (SSSR count). The first-order valence-electron chi connectivity index (χ1n) is 7.42. The van der Waals surface area contributed by atoms with Crippen LogP contribution < -0.4 is 0 Å². The zero-order valence-corrected chi connectivity index (χ0v) is 13.5. The average molecular weight is 349 g/mol. The van der Waals surface area contributed by atoms with Gasteiger partial charge in [0, 0.05) is 28.3 Å². The molecule has 0 fully saturated rings. The van der Waals surface area contributed by atoms with Gasteiger partial charge in [0.05, 0.1) is 17.4 Å². The number of fused-ring (bicyclic) bond motifs is 1. The maximum absolute atomic E-state index is 13.9. The Bertz CT molecular complexity index is 1140. The van der Waals surface area contributed by atoms with Gasteiger partial charge >= 0.3 is 0 Å². The Morgan fingerprint density at radius 2 is 1.88 bits per heavy atom. The van der Waals surface area contributed by atoms with Crippen LogP contribution in [0.2, 0.25) is 5.28 Å². The van der Waals surface area contributed by atoms with Gasteiger partial charge in [0.15, 0.2) is 0 Å². The average Bonchev–Trinajstić information content (AvgIpc) is 3.07. The number of benzene rings is 2. The minimum Gasteiger partial charge on any atom is -0.278 e. The lowest BCUT2D eigenvalue weighted by Crippen LogP contribution is -1.89. The maximum atomic E-state index is 13.9. The van der Waals surface area contributed by atoms with Gasteiger partial charge in [-0.3, -0.25) is 5.10 Å². The van der Waals surface area contributed by atoms with E-state index in [1.807, 2.05) is 18.2 Å². The molecule has 120 valence electrons. The van der Waals surface area contributed by atoms with Gasteiger partial charge in [-0.2, -0.15) is 5.10 Å². The van der Waals surface area contributed by atoms with Crippen molar-refractivity contribution in [1.29, 1.82) is 0 Å². The molecule has 25 heavy (non-hydrogen) atoms. The molecule has 0 spiro atoms. The molecule has 4 nitrogen and oxygen atoms in total. The second-order valence-corrected chi connectivity index (χ2v) is 5.70. The molecule has 0 aliphatic carbocycles. The van der Waals surface area contributed by atoms with Crippen molar-refractivity contribution in [3.63, 3.8) is 0 Å². The van der Waals surface area contributed by atoms with E-state index in [0.29, 0.717) is 16.8 Å². The van der Waals surface area contributed by atoms with Crippen LogP contribution in [0.15, 0.2) is 54.9 Å². The number of hydrogen-bond donors (Lipinski definition) is 1. The molecular formula is C19H10ClFN4. The number of aromatic amines is 1. The molecule has 4 aromatic rings. The summed E-state index contributed by atoms with van der Waals surface area (Å²) in [4.78, 5) is 7.93. The number of halogens is 2. The van der Waals surface area contributed by atoms with Gasteiger partial charge < -0.3 is 0 Å². The van der Waals surface area contributed by atoms with Crippen LogP contribution in [0.3, 0.4) is 0 Å². The van der Waals surface area contributed by atoms with Crippen LogP contribution in [0.5, 0.6) is 0 Å². The fourth-order valence-electron chi connectivity index (χ4n) is 2.47. The first kappa shape index (κ1) is 15.3. The second kappa shape index (κ2) is 6.34. The van der Waals surface area contributed by atoms with Crippen molar-refractivity contribution in [1.82, 2.24) is 20.2 Å². The van der Waals surface area contributed by atoms with Gasteiger partial charge in [-0.25, -0.2) is 14.4 Å². The molecule has 0 unspecified atom stereocenters. The largest absolute Gasteiger partial charge is 0.278 e. The van der Waals surface area contributed by atoms with E-state index in [9.17, 15) is 4.39 Å².